The summed E-state index contributed by atoms with van der Waals surface area (Å²) in [5.41, 5.74) is 13.0. The molecular formula is C47H100N8O14. The van der Waals surface area contributed by atoms with Crippen molar-refractivity contribution in [2.24, 2.45) is 20.9 Å². The quantitative estimate of drug-likeness (QED) is 0.0125. The second kappa shape index (κ2) is 57.3. The van der Waals surface area contributed by atoms with Gasteiger partial charge in [0.15, 0.2) is 0 Å². The van der Waals surface area contributed by atoms with Gasteiger partial charge >= 0.3 is 17.9 Å². The van der Waals surface area contributed by atoms with Crippen LogP contribution in [0.2, 0.25) is 0 Å². The van der Waals surface area contributed by atoms with E-state index in [1.54, 1.807) is 41.8 Å². The maximum Gasteiger partial charge on any atom is 0.306 e. The first-order chi connectivity index (χ1) is 32.8. The zero-order valence-corrected chi connectivity index (χ0v) is 44.6. The number of aliphatic imine (C=N–C) groups is 1. The van der Waals surface area contributed by atoms with Crippen molar-refractivity contribution in [2.75, 3.05) is 67.0 Å². The average Bonchev–Trinajstić information content (AvgIpc) is 3.35. The standard InChI is InChI=1S/C22H42N6O7.C17H30N2O5.C4H10.C2H6.2CH2O.4H2/c1-16(27-28-21(30)14-33-15-23)7-6-10-32-12-18(3)35-19(4)13-34-22(31)9-8-17(2)26-25-11-20(29)24-5;1-12(18)6-8-16(20)22-10-14(3)24-15(4)11-23-17(21)9-7-13(2)19-5;1-3-4-2;3*1-2;;;;/h18-19,25H,6-15,23H2,1-5H3,(H,24,29)(H,28,30);14-15,18H,6-11H2,1-5H3;3-4H2,1-2H3;1-2H3;2*1H2;4*1H/b26-17+,27-16+;;;;;;;;;/t;14-,15?;;;;;;;;/m.0......../s1. The maximum absolute atomic E-state index is 11.9. The van der Waals surface area contributed by atoms with E-state index in [0.29, 0.717) is 56.7 Å². The number of carbonyl (C=O) groups is 7. The summed E-state index contributed by atoms with van der Waals surface area (Å²) in [6, 6.07) is 0. The molecule has 0 aromatic carbocycles. The van der Waals surface area contributed by atoms with Gasteiger partial charge in [0.05, 0.1) is 57.0 Å². The van der Waals surface area contributed by atoms with Gasteiger partial charge in [-0.15, -0.1) is 0 Å². The van der Waals surface area contributed by atoms with E-state index in [2.05, 4.69) is 45.2 Å². The second-order valence-corrected chi connectivity index (χ2v) is 14.7. The third-order valence-corrected chi connectivity index (χ3v) is 8.02. The van der Waals surface area contributed by atoms with E-state index < -0.39 is 0 Å². The fourth-order valence-corrected chi connectivity index (χ4v) is 4.23. The van der Waals surface area contributed by atoms with Crippen LogP contribution in [-0.2, 0) is 66.7 Å². The Morgan fingerprint density at radius 3 is 1.45 bits per heavy atom. The smallest absolute Gasteiger partial charge is 0.306 e. The van der Waals surface area contributed by atoms with Gasteiger partial charge in [0.25, 0.3) is 5.91 Å². The number of hydrogen-bond acceptors (Lipinski definition) is 20. The summed E-state index contributed by atoms with van der Waals surface area (Å²) in [5.74, 6) is -1.50. The van der Waals surface area contributed by atoms with Crippen molar-refractivity contribution in [3.8, 4) is 0 Å². The number of rotatable bonds is 33. The first-order valence-electron chi connectivity index (χ1n) is 23.3. The lowest BCUT2D eigenvalue weighted by molar-refractivity contribution is -0.153. The van der Waals surface area contributed by atoms with Gasteiger partial charge < -0.3 is 64.6 Å². The van der Waals surface area contributed by atoms with E-state index in [1.165, 1.54) is 12.8 Å². The molecule has 0 spiro atoms. The van der Waals surface area contributed by atoms with Gasteiger partial charge in [0, 0.05) is 49.3 Å². The Labute approximate surface area is 419 Å². The summed E-state index contributed by atoms with van der Waals surface area (Å²) in [6.07, 6.45) is 5.16. The molecule has 4 atom stereocenters. The molecule has 22 heteroatoms. The number of likely N-dealkylation sites (N-methyl/N-ethyl adjacent to an activating group) is 1. The minimum Gasteiger partial charge on any atom is -0.463 e. The highest BCUT2D eigenvalue weighted by atomic mass is 16.6. The van der Waals surface area contributed by atoms with Crippen molar-refractivity contribution in [2.45, 2.75) is 172 Å². The molecule has 0 heterocycles. The number of ether oxygens (including phenoxy) is 7. The van der Waals surface area contributed by atoms with Crippen LogP contribution in [-0.4, -0.2) is 158 Å². The van der Waals surface area contributed by atoms with Gasteiger partial charge in [-0.2, -0.15) is 10.2 Å². The third kappa shape index (κ3) is 63.0. The molecule has 0 rings (SSSR count). The van der Waals surface area contributed by atoms with Gasteiger partial charge in [-0.3, -0.25) is 29.0 Å². The van der Waals surface area contributed by atoms with Gasteiger partial charge in [-0.05, 0) is 87.5 Å². The number of esters is 3. The summed E-state index contributed by atoms with van der Waals surface area (Å²) in [5, 5.41) is 17.7. The first kappa shape index (κ1) is 75.5. The number of amides is 2. The molecule has 0 aliphatic rings. The van der Waals surface area contributed by atoms with Crippen molar-refractivity contribution in [1.82, 2.24) is 16.2 Å². The van der Waals surface area contributed by atoms with Crippen LogP contribution in [0.4, 0.5) is 0 Å². The molecule has 3 unspecified atom stereocenters. The van der Waals surface area contributed by atoms with E-state index >= 15 is 0 Å². The lowest BCUT2D eigenvalue weighted by atomic mass is 10.2. The van der Waals surface area contributed by atoms with Crippen LogP contribution < -0.4 is 21.9 Å². The Morgan fingerprint density at radius 2 is 1.04 bits per heavy atom. The number of carbonyl (C=O) groups excluding carboxylic acids is 7. The third-order valence-electron chi connectivity index (χ3n) is 8.02. The van der Waals surface area contributed by atoms with Crippen LogP contribution in [0.25, 0.3) is 0 Å². The molecule has 0 fully saturated rings. The molecule has 0 radical (unpaired) electrons. The Morgan fingerprint density at radius 1 is 0.623 bits per heavy atom. The fourth-order valence-electron chi connectivity index (χ4n) is 4.23. The molecule has 0 aliphatic carbocycles. The highest BCUT2D eigenvalue weighted by Gasteiger charge is 2.15. The highest BCUT2D eigenvalue weighted by Crippen LogP contribution is 2.05. The van der Waals surface area contributed by atoms with E-state index in [9.17, 15) is 24.0 Å². The van der Waals surface area contributed by atoms with Gasteiger partial charge in [0.2, 0.25) is 5.91 Å². The Balaban J connectivity index is -0.000000114. The van der Waals surface area contributed by atoms with Crippen LogP contribution in [0.15, 0.2) is 15.2 Å². The van der Waals surface area contributed by atoms with Crippen molar-refractivity contribution < 1.29 is 72.4 Å². The molecule has 0 aliphatic heterocycles. The lowest BCUT2D eigenvalue weighted by Crippen LogP contribution is -2.29. The highest BCUT2D eigenvalue weighted by molar-refractivity contribution is 5.86. The van der Waals surface area contributed by atoms with E-state index in [4.69, 9.17) is 53.9 Å². The number of unbranched alkanes of at least 4 members (excludes halogenated alkanes) is 1. The van der Waals surface area contributed by atoms with E-state index in [-0.39, 0.29) is 112 Å². The van der Waals surface area contributed by atoms with Crippen LogP contribution >= 0.6 is 0 Å². The minimum absolute atomic E-state index is 0. The molecule has 0 saturated heterocycles. The van der Waals surface area contributed by atoms with Crippen molar-refractivity contribution in [3.63, 3.8) is 0 Å². The molecule has 0 aromatic rings. The normalized spacial score (nSPS) is 12.4. The average molecular weight is 1000 g/mol. The van der Waals surface area contributed by atoms with Crippen LogP contribution in [0.5, 0.6) is 0 Å². The molecule has 0 bridgehead atoms. The topological polar surface area (TPSA) is 307 Å². The zero-order chi connectivity index (χ0) is 54.4. The Hall–Kier alpha value is -5.03. The molecule has 69 heavy (non-hydrogen) atoms. The van der Waals surface area contributed by atoms with Crippen LogP contribution in [0, 0.1) is 5.41 Å². The second-order valence-electron chi connectivity index (χ2n) is 14.7. The SMILES string of the molecule is C=O.C=O.CC.CCCC.CN=C(C)CCC(=O)OCC(C)O[C@@H](C)COC(=O)CCC(C)=N.CNC(=O)CN/N=C(\C)CCC(=O)OCC(C)OC(C)COCCC/C(C)=N/NC(=O)COCN.[HH].[HH].[HH].[HH]. The van der Waals surface area contributed by atoms with Gasteiger partial charge in [-0.25, -0.2) is 5.43 Å². The minimum atomic E-state index is -0.354. The van der Waals surface area contributed by atoms with Crippen LogP contribution in [0.1, 0.15) is 153 Å². The van der Waals surface area contributed by atoms with Crippen molar-refractivity contribution >= 4 is 66.1 Å². The molecule has 412 valence electrons. The molecule has 6 N–H and O–H groups in total. The predicted molar refractivity (Wildman–Crippen MR) is 279 cm³/mol. The number of hydrogen-bond donors (Lipinski definition) is 5. The fraction of sp³-hybridized carbons (Fsp3) is 0.766. The number of hydrazone groups is 2. The van der Waals surface area contributed by atoms with Crippen LogP contribution in [0.3, 0.4) is 0 Å². The molecule has 22 nitrogen and oxygen atoms in total. The number of nitrogens with two attached hydrogens (primary N) is 1. The summed E-state index contributed by atoms with van der Waals surface area (Å²) in [6.45, 7) is 28.1. The molecule has 2 amide bonds. The molecular weight excluding hydrogens is 901 g/mol. The Kier molecular flexibility index (Phi) is 62.7. The van der Waals surface area contributed by atoms with Gasteiger partial charge in [0.1, 0.15) is 46.6 Å². The summed E-state index contributed by atoms with van der Waals surface area (Å²) >= 11 is 0. The summed E-state index contributed by atoms with van der Waals surface area (Å²) in [4.78, 5) is 77.4. The van der Waals surface area contributed by atoms with Crippen molar-refractivity contribution in [3.05, 3.63) is 0 Å². The zero-order valence-electron chi connectivity index (χ0n) is 44.6. The predicted octanol–water partition coefficient (Wildman–Crippen LogP) is 6.04. The maximum atomic E-state index is 11.9. The summed E-state index contributed by atoms with van der Waals surface area (Å²) < 4.78 is 37.2. The van der Waals surface area contributed by atoms with Gasteiger partial charge in [-0.1, -0.05) is 40.5 Å². The Bertz CT molecular complexity index is 1420. The molecule has 0 aromatic heterocycles. The van der Waals surface area contributed by atoms with E-state index in [1.807, 2.05) is 55.1 Å². The van der Waals surface area contributed by atoms with Crippen molar-refractivity contribution in [1.29, 1.82) is 5.41 Å². The monoisotopic (exact) mass is 1000 g/mol. The molecule has 0 saturated carbocycles. The lowest BCUT2D eigenvalue weighted by Gasteiger charge is -2.19. The van der Waals surface area contributed by atoms with E-state index in [0.717, 1.165) is 17.8 Å². The number of nitrogens with one attached hydrogen (secondary N) is 4. The first-order valence-corrected chi connectivity index (χ1v) is 23.3. The number of nitrogens with zero attached hydrogens (tertiary/aromatic N) is 3. The largest absolute Gasteiger partial charge is 0.463 e. The summed E-state index contributed by atoms with van der Waals surface area (Å²) in [7, 11) is 3.24.